The second-order valence-electron chi connectivity index (χ2n) is 6.80. The summed E-state index contributed by atoms with van der Waals surface area (Å²) in [6.07, 6.45) is 1.35. The van der Waals surface area contributed by atoms with Crippen molar-refractivity contribution in [1.82, 2.24) is 10.2 Å². The third-order valence-electron chi connectivity index (χ3n) is 4.47. The second-order valence-corrected chi connectivity index (χ2v) is 8.48. The fraction of sp³-hybridized carbons (Fsp3) is 0.0455. The zero-order chi connectivity index (χ0) is 22.6. The standard InChI is InChI=1S/C22H17FN4O4S/c23-17-5-11-20(12-6-17)32(29,30)27-19-7-1-15(2-8-19)13-21(28)25-18-9-3-16(4-10-18)22-26-24-14-31-22/h1-12,14,27H,13H2,(H,25,28). The van der Waals surface area contributed by atoms with Gasteiger partial charge in [-0.05, 0) is 66.2 Å². The monoisotopic (exact) mass is 452 g/mol. The third-order valence-corrected chi connectivity index (χ3v) is 5.87. The summed E-state index contributed by atoms with van der Waals surface area (Å²) in [5, 5.41) is 10.2. The maximum absolute atomic E-state index is 13.0. The number of hydrogen-bond donors (Lipinski definition) is 2. The minimum absolute atomic E-state index is 0.0486. The van der Waals surface area contributed by atoms with Gasteiger partial charge in [0.1, 0.15) is 5.82 Å². The SMILES string of the molecule is O=C(Cc1ccc(NS(=O)(=O)c2ccc(F)cc2)cc1)Nc1ccc(-c2nnco2)cc1. The summed E-state index contributed by atoms with van der Waals surface area (Å²) in [5.74, 6) is -0.359. The Hall–Kier alpha value is -4.05. The number of rotatable bonds is 7. The highest BCUT2D eigenvalue weighted by Crippen LogP contribution is 2.20. The van der Waals surface area contributed by atoms with E-state index in [9.17, 15) is 17.6 Å². The van der Waals surface area contributed by atoms with E-state index in [4.69, 9.17) is 4.42 Å². The van der Waals surface area contributed by atoms with Gasteiger partial charge < -0.3 is 9.73 Å². The zero-order valence-electron chi connectivity index (χ0n) is 16.5. The van der Waals surface area contributed by atoms with Crippen molar-refractivity contribution in [3.05, 3.63) is 90.6 Å². The van der Waals surface area contributed by atoms with E-state index in [1.54, 1.807) is 48.5 Å². The summed E-state index contributed by atoms with van der Waals surface area (Å²) in [4.78, 5) is 12.3. The first kappa shape index (κ1) is 21.2. The lowest BCUT2D eigenvalue weighted by Crippen LogP contribution is -2.15. The molecule has 0 fully saturated rings. The molecule has 0 bridgehead atoms. The quantitative estimate of drug-likeness (QED) is 0.440. The van der Waals surface area contributed by atoms with Crippen LogP contribution in [0.1, 0.15) is 5.56 Å². The van der Waals surface area contributed by atoms with E-state index < -0.39 is 15.8 Å². The molecule has 1 aromatic heterocycles. The molecule has 0 aliphatic carbocycles. The van der Waals surface area contributed by atoms with Crippen LogP contribution in [-0.4, -0.2) is 24.5 Å². The Bertz CT molecular complexity index is 1310. The van der Waals surface area contributed by atoms with Gasteiger partial charge in [0, 0.05) is 16.9 Å². The molecule has 0 aliphatic heterocycles. The number of carbonyl (C=O) groups is 1. The first-order valence-corrected chi connectivity index (χ1v) is 10.9. The van der Waals surface area contributed by atoms with E-state index in [-0.39, 0.29) is 17.2 Å². The smallest absolute Gasteiger partial charge is 0.261 e. The minimum atomic E-state index is -3.84. The van der Waals surface area contributed by atoms with E-state index in [2.05, 4.69) is 20.2 Å². The molecular formula is C22H17FN4O4S. The normalized spacial score (nSPS) is 11.2. The van der Waals surface area contributed by atoms with Gasteiger partial charge in [0.25, 0.3) is 10.0 Å². The van der Waals surface area contributed by atoms with E-state index in [1.165, 1.54) is 18.5 Å². The summed E-state index contributed by atoms with van der Waals surface area (Å²) in [6.45, 7) is 0. The van der Waals surface area contributed by atoms with Crippen LogP contribution < -0.4 is 10.0 Å². The van der Waals surface area contributed by atoms with Gasteiger partial charge in [-0.2, -0.15) is 0 Å². The summed E-state index contributed by atoms with van der Waals surface area (Å²) in [5.41, 5.74) is 2.38. The fourth-order valence-electron chi connectivity index (χ4n) is 2.90. The third kappa shape index (κ3) is 5.16. The molecular weight excluding hydrogens is 435 g/mol. The van der Waals surface area contributed by atoms with Crippen LogP contribution in [0, 0.1) is 5.82 Å². The number of halogens is 1. The maximum atomic E-state index is 13.0. The van der Waals surface area contributed by atoms with Gasteiger partial charge in [-0.1, -0.05) is 12.1 Å². The topological polar surface area (TPSA) is 114 Å². The van der Waals surface area contributed by atoms with Crippen LogP contribution in [-0.2, 0) is 21.2 Å². The predicted molar refractivity (Wildman–Crippen MR) is 116 cm³/mol. The van der Waals surface area contributed by atoms with Crippen molar-refractivity contribution in [3.8, 4) is 11.5 Å². The molecule has 8 nitrogen and oxygen atoms in total. The molecule has 0 saturated heterocycles. The zero-order valence-corrected chi connectivity index (χ0v) is 17.3. The van der Waals surface area contributed by atoms with Gasteiger partial charge >= 0.3 is 0 Å². The lowest BCUT2D eigenvalue weighted by atomic mass is 10.1. The Morgan fingerprint density at radius 2 is 1.56 bits per heavy atom. The highest BCUT2D eigenvalue weighted by Gasteiger charge is 2.14. The molecule has 0 atom stereocenters. The second kappa shape index (κ2) is 8.98. The molecule has 10 heteroatoms. The Morgan fingerprint density at radius 1 is 0.906 bits per heavy atom. The predicted octanol–water partition coefficient (Wildman–Crippen LogP) is 3.86. The summed E-state index contributed by atoms with van der Waals surface area (Å²) >= 11 is 0. The number of anilines is 2. The van der Waals surface area contributed by atoms with Gasteiger partial charge in [0.15, 0.2) is 0 Å². The number of carbonyl (C=O) groups excluding carboxylic acids is 1. The molecule has 0 saturated carbocycles. The van der Waals surface area contributed by atoms with Crippen LogP contribution in [0.25, 0.3) is 11.5 Å². The fourth-order valence-corrected chi connectivity index (χ4v) is 3.96. The van der Waals surface area contributed by atoms with Crippen LogP contribution in [0.5, 0.6) is 0 Å². The average molecular weight is 452 g/mol. The molecule has 0 spiro atoms. The lowest BCUT2D eigenvalue weighted by molar-refractivity contribution is -0.115. The Labute approximate surface area is 183 Å². The van der Waals surface area contributed by atoms with Gasteiger partial charge in [-0.25, -0.2) is 12.8 Å². The molecule has 1 amide bonds. The molecule has 0 radical (unpaired) electrons. The molecule has 32 heavy (non-hydrogen) atoms. The molecule has 2 N–H and O–H groups in total. The number of sulfonamides is 1. The lowest BCUT2D eigenvalue weighted by Gasteiger charge is -2.09. The van der Waals surface area contributed by atoms with Crippen molar-refractivity contribution in [2.24, 2.45) is 0 Å². The highest BCUT2D eigenvalue weighted by atomic mass is 32.2. The number of nitrogens with one attached hydrogen (secondary N) is 2. The van der Waals surface area contributed by atoms with Crippen LogP contribution >= 0.6 is 0 Å². The van der Waals surface area contributed by atoms with Crippen molar-refractivity contribution in [1.29, 1.82) is 0 Å². The van der Waals surface area contributed by atoms with E-state index in [1.807, 2.05) is 0 Å². The van der Waals surface area contributed by atoms with Crippen molar-refractivity contribution in [3.63, 3.8) is 0 Å². The molecule has 4 aromatic rings. The van der Waals surface area contributed by atoms with Crippen molar-refractivity contribution in [2.75, 3.05) is 10.0 Å². The number of benzene rings is 3. The molecule has 0 unspecified atom stereocenters. The number of hydrogen-bond acceptors (Lipinski definition) is 6. The van der Waals surface area contributed by atoms with Gasteiger partial charge in [-0.3, -0.25) is 9.52 Å². The van der Waals surface area contributed by atoms with Crippen LogP contribution in [0.4, 0.5) is 15.8 Å². The van der Waals surface area contributed by atoms with Crippen molar-refractivity contribution in [2.45, 2.75) is 11.3 Å². The van der Waals surface area contributed by atoms with Crippen LogP contribution in [0.3, 0.4) is 0 Å². The Kier molecular flexibility index (Phi) is 5.95. The van der Waals surface area contributed by atoms with Gasteiger partial charge in [-0.15, -0.1) is 10.2 Å². The molecule has 162 valence electrons. The largest absolute Gasteiger partial charge is 0.423 e. The number of nitrogens with zero attached hydrogens (tertiary/aromatic N) is 2. The first-order valence-electron chi connectivity index (χ1n) is 9.43. The van der Waals surface area contributed by atoms with Crippen LogP contribution in [0.2, 0.25) is 0 Å². The van der Waals surface area contributed by atoms with Gasteiger partial charge in [0.05, 0.1) is 11.3 Å². The summed E-state index contributed by atoms with van der Waals surface area (Å²) < 4.78 is 45.3. The molecule has 0 aliphatic rings. The maximum Gasteiger partial charge on any atom is 0.261 e. The van der Waals surface area contributed by atoms with E-state index >= 15 is 0 Å². The number of aromatic nitrogens is 2. The van der Waals surface area contributed by atoms with Gasteiger partial charge in [0.2, 0.25) is 18.2 Å². The highest BCUT2D eigenvalue weighted by molar-refractivity contribution is 7.92. The molecule has 4 rings (SSSR count). The molecule has 1 heterocycles. The minimum Gasteiger partial charge on any atom is -0.423 e. The van der Waals surface area contributed by atoms with Crippen molar-refractivity contribution >= 4 is 27.3 Å². The van der Waals surface area contributed by atoms with Crippen LogP contribution in [0.15, 0.2) is 88.5 Å². The summed E-state index contributed by atoms with van der Waals surface area (Å²) in [6, 6.07) is 17.9. The Balaban J connectivity index is 1.35. The van der Waals surface area contributed by atoms with Crippen molar-refractivity contribution < 1.29 is 22.0 Å². The average Bonchev–Trinajstić information content (AvgIpc) is 3.31. The Morgan fingerprint density at radius 3 is 2.19 bits per heavy atom. The first-order chi connectivity index (χ1) is 15.4. The summed E-state index contributed by atoms with van der Waals surface area (Å²) in [7, 11) is -3.84. The van der Waals surface area contributed by atoms with E-state index in [0.717, 1.165) is 17.7 Å². The number of amides is 1. The molecule has 3 aromatic carbocycles. The van der Waals surface area contributed by atoms with E-state index in [0.29, 0.717) is 22.8 Å².